The largest absolute Gasteiger partial charge is 0.494 e. The Labute approximate surface area is 580 Å². The van der Waals surface area contributed by atoms with Crippen molar-refractivity contribution in [3.8, 4) is 56.4 Å². The van der Waals surface area contributed by atoms with Crippen molar-refractivity contribution in [2.24, 2.45) is 23.7 Å². The highest BCUT2D eigenvalue weighted by molar-refractivity contribution is 6.14. The zero-order chi connectivity index (χ0) is 65.7. The average molecular weight is 1290 g/mol. The monoisotopic (exact) mass is 1290 g/mol. The summed E-state index contributed by atoms with van der Waals surface area (Å²) >= 11 is 0. The van der Waals surface area contributed by atoms with Crippen LogP contribution < -0.4 is 18.9 Å². The summed E-state index contributed by atoms with van der Waals surface area (Å²) in [5, 5.41) is 4.79. The molecular formula is C92H118O4. The first-order chi connectivity index (χ1) is 47.4. The minimum atomic E-state index is 0.616. The van der Waals surface area contributed by atoms with Crippen molar-refractivity contribution in [2.75, 3.05) is 26.4 Å². The van der Waals surface area contributed by atoms with Gasteiger partial charge in [-0.1, -0.05) is 200 Å². The normalized spacial score (nSPS) is 21.5. The molecule has 96 heavy (non-hydrogen) atoms. The molecule has 0 amide bonds. The minimum Gasteiger partial charge on any atom is -0.494 e. The van der Waals surface area contributed by atoms with Crippen LogP contribution in [0.3, 0.4) is 0 Å². The van der Waals surface area contributed by atoms with E-state index in [-0.39, 0.29) is 0 Å². The molecule has 4 aliphatic carbocycles. The van der Waals surface area contributed by atoms with E-state index in [4.69, 9.17) is 18.9 Å². The number of hydrogen-bond acceptors (Lipinski definition) is 4. The summed E-state index contributed by atoms with van der Waals surface area (Å²) in [6.07, 6.45) is 40.3. The van der Waals surface area contributed by atoms with Crippen LogP contribution in [0.15, 0.2) is 158 Å². The summed E-state index contributed by atoms with van der Waals surface area (Å²) in [4.78, 5) is 0. The standard InChI is InChI=1S/C92H118O4/c1-5-21-67-29-37-71(38-30-67)75-45-49-79(50-46-75)87-65-81-25-13-15-27-85(81)89(91(87)95-63-19-11-9-17-61-93-83-57-53-77(54-58-83)73-41-33-69(23-7-3)34-42-73)90-86-28-16-14-26-82(86)66-88(80-51-47-76(48-52-80)72-39-31-68(22-6-2)32-40-72)92(90)96-64-20-12-10-18-62-94-84-59-55-78(56-60-84)74-43-35-70(24-8-4)36-44-74/h13-16,25-28,45-60,65-74H,5-12,17-24,29-44,61-64H2,1-4H3. The van der Waals surface area contributed by atoms with Crippen LogP contribution in [0.25, 0.3) is 54.9 Å². The molecule has 0 radical (unpaired) electrons. The zero-order valence-electron chi connectivity index (χ0n) is 59.7. The fourth-order valence-corrected chi connectivity index (χ4v) is 18.0. The van der Waals surface area contributed by atoms with Gasteiger partial charge in [-0.3, -0.25) is 0 Å². The molecule has 0 bridgehead atoms. The van der Waals surface area contributed by atoms with Crippen LogP contribution in [-0.4, -0.2) is 26.4 Å². The van der Waals surface area contributed by atoms with E-state index < -0.39 is 0 Å². The molecule has 4 heteroatoms. The van der Waals surface area contributed by atoms with E-state index in [1.807, 2.05) is 0 Å². The van der Waals surface area contributed by atoms with Crippen LogP contribution in [0.5, 0.6) is 23.0 Å². The number of rotatable bonds is 33. The van der Waals surface area contributed by atoms with Crippen molar-refractivity contribution >= 4 is 21.5 Å². The van der Waals surface area contributed by atoms with Crippen molar-refractivity contribution in [3.63, 3.8) is 0 Å². The summed E-state index contributed by atoms with van der Waals surface area (Å²) in [5.74, 6) is 10.2. The van der Waals surface area contributed by atoms with Gasteiger partial charge in [0.15, 0.2) is 0 Å². The Morgan fingerprint density at radius 2 is 0.552 bits per heavy atom. The molecule has 4 nitrogen and oxygen atoms in total. The SMILES string of the molecule is CCCC1CCC(c2ccc(OCCCCCCOc3c(-c4ccc(C5CCC(CCC)CC5)cc4)cc4ccccc4c3-c3c(OCCCCCCOc4ccc(C5CCC(CCC)CC5)cc4)c(-c4ccc(C5CCC(CCC)CC5)cc4)cc4ccccc34)cc2)CC1. The van der Waals surface area contributed by atoms with E-state index in [1.54, 1.807) is 0 Å². The van der Waals surface area contributed by atoms with Gasteiger partial charge in [0.1, 0.15) is 23.0 Å². The van der Waals surface area contributed by atoms with E-state index in [9.17, 15) is 0 Å². The zero-order valence-corrected chi connectivity index (χ0v) is 59.7. The van der Waals surface area contributed by atoms with Crippen molar-refractivity contribution in [1.82, 2.24) is 0 Å². The summed E-state index contributed by atoms with van der Waals surface area (Å²) < 4.78 is 27.8. The predicted molar refractivity (Wildman–Crippen MR) is 408 cm³/mol. The van der Waals surface area contributed by atoms with Gasteiger partial charge in [0, 0.05) is 22.3 Å². The number of fused-ring (bicyclic) bond motifs is 2. The lowest BCUT2D eigenvalue weighted by molar-refractivity contribution is 0.286. The Kier molecular flexibility index (Phi) is 25.9. The predicted octanol–water partition coefficient (Wildman–Crippen LogP) is 27.3. The minimum absolute atomic E-state index is 0.616. The maximum atomic E-state index is 7.53. The number of unbranched alkanes of at least 4 members (excludes halogenated alkanes) is 6. The van der Waals surface area contributed by atoms with Crippen molar-refractivity contribution in [2.45, 2.75) is 257 Å². The smallest absolute Gasteiger partial charge is 0.135 e. The van der Waals surface area contributed by atoms with Gasteiger partial charge in [-0.15, -0.1) is 0 Å². The van der Waals surface area contributed by atoms with Crippen LogP contribution in [0.1, 0.15) is 279 Å². The molecule has 0 N–H and O–H groups in total. The Morgan fingerprint density at radius 3 is 0.844 bits per heavy atom. The van der Waals surface area contributed by atoms with Gasteiger partial charge >= 0.3 is 0 Å². The molecule has 4 aliphatic rings. The fraction of sp³-hybridized carbons (Fsp3) is 0.522. The van der Waals surface area contributed by atoms with Gasteiger partial charge in [0.2, 0.25) is 0 Å². The van der Waals surface area contributed by atoms with Gasteiger partial charge < -0.3 is 18.9 Å². The molecule has 8 aromatic rings. The average Bonchev–Trinajstić information content (AvgIpc) is 0.732. The second kappa shape index (κ2) is 35.8. The van der Waals surface area contributed by atoms with Gasteiger partial charge in [-0.05, 0) is 293 Å². The highest BCUT2D eigenvalue weighted by Crippen LogP contribution is 2.54. The topological polar surface area (TPSA) is 36.9 Å². The maximum absolute atomic E-state index is 7.53. The quantitative estimate of drug-likeness (QED) is 0.0384. The molecule has 0 aromatic heterocycles. The van der Waals surface area contributed by atoms with E-state index in [0.29, 0.717) is 36.9 Å². The first kappa shape index (κ1) is 69.4. The van der Waals surface area contributed by atoms with Crippen molar-refractivity contribution in [3.05, 3.63) is 180 Å². The number of ether oxygens (including phenoxy) is 4. The molecule has 4 saturated carbocycles. The van der Waals surface area contributed by atoms with Crippen molar-refractivity contribution < 1.29 is 18.9 Å². The third kappa shape index (κ3) is 18.2. The number of benzene rings is 8. The van der Waals surface area contributed by atoms with Crippen LogP contribution in [0, 0.1) is 23.7 Å². The highest BCUT2D eigenvalue weighted by atomic mass is 16.5. The van der Waals surface area contributed by atoms with E-state index in [2.05, 4.69) is 185 Å². The summed E-state index contributed by atoms with van der Waals surface area (Å²) in [6, 6.07) is 60.6. The lowest BCUT2D eigenvalue weighted by Crippen LogP contribution is -2.13. The third-order valence-electron chi connectivity index (χ3n) is 23.6. The fourth-order valence-electron chi connectivity index (χ4n) is 18.0. The molecule has 0 unspecified atom stereocenters. The second-order valence-corrected chi connectivity index (χ2v) is 30.3. The van der Waals surface area contributed by atoms with Crippen LogP contribution in [0.2, 0.25) is 0 Å². The first-order valence-electron chi connectivity index (χ1n) is 39.5. The number of hydrogen-bond donors (Lipinski definition) is 0. The second-order valence-electron chi connectivity index (χ2n) is 30.3. The van der Waals surface area contributed by atoms with Crippen LogP contribution in [0.4, 0.5) is 0 Å². The Bertz CT molecular complexity index is 3350. The molecule has 0 spiro atoms. The summed E-state index contributed by atoms with van der Waals surface area (Å²) in [5.41, 5.74) is 12.9. The molecule has 4 fully saturated rings. The molecule has 0 aliphatic heterocycles. The molecular weight excluding hydrogens is 1170 g/mol. The van der Waals surface area contributed by atoms with Crippen molar-refractivity contribution in [1.29, 1.82) is 0 Å². The third-order valence-corrected chi connectivity index (χ3v) is 23.6. The van der Waals surface area contributed by atoms with E-state index in [0.717, 1.165) is 134 Å². The van der Waals surface area contributed by atoms with Crippen LogP contribution in [-0.2, 0) is 0 Å². The first-order valence-corrected chi connectivity index (χ1v) is 39.5. The molecule has 8 aromatic carbocycles. The molecule has 0 saturated heterocycles. The molecule has 510 valence electrons. The lowest BCUT2D eigenvalue weighted by Gasteiger charge is -2.29. The Hall–Kier alpha value is -6.52. The van der Waals surface area contributed by atoms with E-state index >= 15 is 0 Å². The molecule has 0 heterocycles. The van der Waals surface area contributed by atoms with Gasteiger partial charge in [0.25, 0.3) is 0 Å². The van der Waals surface area contributed by atoms with Crippen LogP contribution >= 0.6 is 0 Å². The summed E-state index contributed by atoms with van der Waals surface area (Å²) in [7, 11) is 0. The van der Waals surface area contributed by atoms with E-state index in [1.165, 1.54) is 209 Å². The van der Waals surface area contributed by atoms with Gasteiger partial charge in [-0.25, -0.2) is 0 Å². The lowest BCUT2D eigenvalue weighted by atomic mass is 9.77. The highest BCUT2D eigenvalue weighted by Gasteiger charge is 2.29. The molecule has 12 rings (SSSR count). The Balaban J connectivity index is 0.808. The van der Waals surface area contributed by atoms with Gasteiger partial charge in [0.05, 0.1) is 26.4 Å². The molecule has 0 atom stereocenters. The van der Waals surface area contributed by atoms with Gasteiger partial charge in [-0.2, -0.15) is 0 Å². The summed E-state index contributed by atoms with van der Waals surface area (Å²) in [6.45, 7) is 12.1. The maximum Gasteiger partial charge on any atom is 0.135 e. The Morgan fingerprint density at radius 1 is 0.281 bits per heavy atom.